The van der Waals surface area contributed by atoms with Crippen LogP contribution in [0.4, 0.5) is 5.69 Å². The quantitative estimate of drug-likeness (QED) is 0.345. The minimum Gasteiger partial charge on any atom is -0.386 e. The molecular formula is C9H9N5O2. The number of hydrogen-bond donors (Lipinski definition) is 2. The van der Waals surface area contributed by atoms with Gasteiger partial charge in [0.25, 0.3) is 5.69 Å². The monoisotopic (exact) mass is 219 g/mol. The maximum atomic E-state index is 10.6. The second kappa shape index (κ2) is 3.61. The van der Waals surface area contributed by atoms with E-state index >= 15 is 0 Å². The number of nitro groups is 1. The highest BCUT2D eigenvalue weighted by atomic mass is 16.6. The Hall–Kier alpha value is -2.44. The van der Waals surface area contributed by atoms with Gasteiger partial charge in [0.2, 0.25) is 0 Å². The molecule has 0 fully saturated rings. The molecule has 0 saturated heterocycles. The first-order chi connectivity index (χ1) is 7.58. The molecule has 0 aliphatic carbocycles. The molecule has 1 aromatic heterocycles. The Morgan fingerprint density at radius 2 is 2.38 bits per heavy atom. The number of fused-ring (bicyclic) bond motifs is 1. The van der Waals surface area contributed by atoms with Crippen molar-refractivity contribution in [1.82, 2.24) is 9.78 Å². The van der Waals surface area contributed by atoms with Crippen molar-refractivity contribution in [1.29, 1.82) is 5.41 Å². The van der Waals surface area contributed by atoms with Crippen LogP contribution < -0.4 is 5.73 Å². The van der Waals surface area contributed by atoms with Crippen LogP contribution in [-0.2, 0) is 6.54 Å². The number of rotatable bonds is 3. The van der Waals surface area contributed by atoms with E-state index in [1.807, 2.05) is 0 Å². The minimum absolute atomic E-state index is 0.0108. The fourth-order valence-corrected chi connectivity index (χ4v) is 1.48. The number of amidine groups is 1. The highest BCUT2D eigenvalue weighted by Crippen LogP contribution is 2.20. The van der Waals surface area contributed by atoms with Crippen molar-refractivity contribution in [2.45, 2.75) is 6.54 Å². The topological polar surface area (TPSA) is 111 Å². The van der Waals surface area contributed by atoms with Crippen LogP contribution in [0.25, 0.3) is 10.9 Å². The van der Waals surface area contributed by atoms with Crippen molar-refractivity contribution in [3.05, 3.63) is 34.5 Å². The molecule has 0 atom stereocenters. The smallest absolute Gasteiger partial charge is 0.270 e. The largest absolute Gasteiger partial charge is 0.386 e. The molecular weight excluding hydrogens is 210 g/mol. The van der Waals surface area contributed by atoms with Gasteiger partial charge in [-0.3, -0.25) is 20.2 Å². The third-order valence-electron chi connectivity index (χ3n) is 2.16. The standard InChI is InChI=1S/C9H9N5O2/c10-9(11)5-13-8-2-1-7(14(15)16)3-6(8)4-12-13/h1-4H,5H2,(H3,10,11). The van der Waals surface area contributed by atoms with E-state index in [4.69, 9.17) is 11.1 Å². The van der Waals surface area contributed by atoms with E-state index in [1.54, 1.807) is 6.07 Å². The first-order valence-electron chi connectivity index (χ1n) is 4.51. The molecule has 0 saturated carbocycles. The minimum atomic E-state index is -0.457. The molecule has 16 heavy (non-hydrogen) atoms. The maximum absolute atomic E-state index is 10.6. The van der Waals surface area contributed by atoms with Crippen molar-refractivity contribution in [2.75, 3.05) is 0 Å². The van der Waals surface area contributed by atoms with Gasteiger partial charge < -0.3 is 5.73 Å². The van der Waals surface area contributed by atoms with Gasteiger partial charge in [-0.25, -0.2) is 0 Å². The summed E-state index contributed by atoms with van der Waals surface area (Å²) >= 11 is 0. The third kappa shape index (κ3) is 1.70. The number of nitrogens with two attached hydrogens (primary N) is 1. The number of non-ortho nitro benzene ring substituents is 1. The molecule has 2 aromatic rings. The molecule has 7 nitrogen and oxygen atoms in total. The third-order valence-corrected chi connectivity index (χ3v) is 2.16. The second-order valence-corrected chi connectivity index (χ2v) is 3.33. The highest BCUT2D eigenvalue weighted by Gasteiger charge is 2.09. The summed E-state index contributed by atoms with van der Waals surface area (Å²) < 4.78 is 1.53. The molecule has 82 valence electrons. The van der Waals surface area contributed by atoms with Gasteiger partial charge in [-0.1, -0.05) is 0 Å². The van der Waals surface area contributed by atoms with Crippen molar-refractivity contribution in [2.24, 2.45) is 5.73 Å². The lowest BCUT2D eigenvalue weighted by Crippen LogP contribution is -2.18. The highest BCUT2D eigenvalue weighted by molar-refractivity contribution is 5.83. The molecule has 0 radical (unpaired) electrons. The Labute approximate surface area is 90.1 Å². The fraction of sp³-hybridized carbons (Fsp3) is 0.111. The number of nitrogens with zero attached hydrogens (tertiary/aromatic N) is 3. The van der Waals surface area contributed by atoms with E-state index in [0.717, 1.165) is 5.52 Å². The molecule has 1 heterocycles. The van der Waals surface area contributed by atoms with Crippen LogP contribution in [0.3, 0.4) is 0 Å². The van der Waals surface area contributed by atoms with E-state index < -0.39 is 4.92 Å². The van der Waals surface area contributed by atoms with Crippen LogP contribution in [0.1, 0.15) is 0 Å². The summed E-state index contributed by atoms with van der Waals surface area (Å²) in [7, 11) is 0. The van der Waals surface area contributed by atoms with E-state index in [2.05, 4.69) is 5.10 Å². The Balaban J connectivity index is 2.50. The van der Waals surface area contributed by atoms with Crippen molar-refractivity contribution in [3.8, 4) is 0 Å². The van der Waals surface area contributed by atoms with Gasteiger partial charge in [-0.15, -0.1) is 0 Å². The van der Waals surface area contributed by atoms with Crippen LogP contribution in [0.5, 0.6) is 0 Å². The first kappa shape index (κ1) is 10.1. The predicted octanol–water partition coefficient (Wildman–Crippen LogP) is 0.880. The van der Waals surface area contributed by atoms with Crippen molar-refractivity contribution < 1.29 is 4.92 Å². The van der Waals surface area contributed by atoms with E-state index in [1.165, 1.54) is 23.0 Å². The van der Waals surface area contributed by atoms with Crippen LogP contribution in [0, 0.1) is 15.5 Å². The molecule has 0 bridgehead atoms. The van der Waals surface area contributed by atoms with Crippen LogP contribution >= 0.6 is 0 Å². The van der Waals surface area contributed by atoms with Gasteiger partial charge >= 0.3 is 0 Å². The fourth-order valence-electron chi connectivity index (χ4n) is 1.48. The molecule has 3 N–H and O–H groups in total. The van der Waals surface area contributed by atoms with Gasteiger partial charge in [-0.2, -0.15) is 5.10 Å². The van der Waals surface area contributed by atoms with Gasteiger partial charge in [-0.05, 0) is 6.07 Å². The molecule has 0 unspecified atom stereocenters. The van der Waals surface area contributed by atoms with Crippen molar-refractivity contribution in [3.63, 3.8) is 0 Å². The van der Waals surface area contributed by atoms with E-state index in [-0.39, 0.29) is 18.1 Å². The SMILES string of the molecule is N=C(N)Cn1ncc2cc([N+](=O)[O-])ccc21. The Bertz CT molecular complexity index is 574. The zero-order valence-electron chi connectivity index (χ0n) is 8.25. The van der Waals surface area contributed by atoms with E-state index in [9.17, 15) is 10.1 Å². The Kier molecular flexibility index (Phi) is 2.28. The Morgan fingerprint density at radius 3 is 3.00 bits per heavy atom. The van der Waals surface area contributed by atoms with Crippen LogP contribution in [0.15, 0.2) is 24.4 Å². The number of nitro benzene ring substituents is 1. The number of nitrogens with one attached hydrogen (secondary N) is 1. The van der Waals surface area contributed by atoms with Gasteiger partial charge in [0.1, 0.15) is 5.84 Å². The average molecular weight is 219 g/mol. The lowest BCUT2D eigenvalue weighted by Gasteiger charge is -2.00. The molecule has 7 heteroatoms. The number of benzene rings is 1. The lowest BCUT2D eigenvalue weighted by atomic mass is 10.2. The van der Waals surface area contributed by atoms with E-state index in [0.29, 0.717) is 5.39 Å². The van der Waals surface area contributed by atoms with Crippen LogP contribution in [-0.4, -0.2) is 20.5 Å². The Morgan fingerprint density at radius 1 is 1.62 bits per heavy atom. The predicted molar refractivity (Wildman–Crippen MR) is 58.3 cm³/mol. The molecule has 0 spiro atoms. The molecule has 2 rings (SSSR count). The van der Waals surface area contributed by atoms with Crippen molar-refractivity contribution >= 4 is 22.4 Å². The second-order valence-electron chi connectivity index (χ2n) is 3.33. The maximum Gasteiger partial charge on any atom is 0.270 e. The molecule has 1 aromatic carbocycles. The molecule has 0 aliphatic heterocycles. The summed E-state index contributed by atoms with van der Waals surface area (Å²) in [6, 6.07) is 4.45. The summed E-state index contributed by atoms with van der Waals surface area (Å²) in [4.78, 5) is 10.1. The van der Waals surface area contributed by atoms with Gasteiger partial charge in [0, 0.05) is 17.5 Å². The average Bonchev–Trinajstić information content (AvgIpc) is 2.60. The zero-order chi connectivity index (χ0) is 11.7. The number of aromatic nitrogens is 2. The normalized spacial score (nSPS) is 10.5. The summed E-state index contributed by atoms with van der Waals surface area (Å²) in [5.41, 5.74) is 6.01. The van der Waals surface area contributed by atoms with Crippen LogP contribution in [0.2, 0.25) is 0 Å². The first-order valence-corrected chi connectivity index (χ1v) is 4.51. The van der Waals surface area contributed by atoms with Gasteiger partial charge in [0.05, 0.1) is 23.2 Å². The zero-order valence-corrected chi connectivity index (χ0v) is 8.25. The molecule has 0 amide bonds. The number of hydrogen-bond acceptors (Lipinski definition) is 4. The van der Waals surface area contributed by atoms with Gasteiger partial charge in [0.15, 0.2) is 0 Å². The summed E-state index contributed by atoms with van der Waals surface area (Å²) in [5, 5.41) is 22.4. The summed E-state index contributed by atoms with van der Waals surface area (Å²) in [5.74, 6) is -0.0108. The summed E-state index contributed by atoms with van der Waals surface area (Å²) in [6.07, 6.45) is 1.52. The molecule has 0 aliphatic rings. The summed E-state index contributed by atoms with van der Waals surface area (Å²) in [6.45, 7) is 0.182. The lowest BCUT2D eigenvalue weighted by molar-refractivity contribution is -0.384.